The van der Waals surface area contributed by atoms with Crippen LogP contribution in [0.3, 0.4) is 0 Å². The normalized spacial score (nSPS) is 19.8. The van der Waals surface area contributed by atoms with E-state index in [1.807, 2.05) is 17.2 Å². The monoisotopic (exact) mass is 392 g/mol. The van der Waals surface area contributed by atoms with Crippen molar-refractivity contribution < 1.29 is 14.0 Å². The Morgan fingerprint density at radius 1 is 1.35 bits per heavy atom. The van der Waals surface area contributed by atoms with E-state index >= 15 is 0 Å². The summed E-state index contributed by atoms with van der Waals surface area (Å²) in [5.41, 5.74) is 1.50. The van der Waals surface area contributed by atoms with Gasteiger partial charge in [-0.15, -0.1) is 23.1 Å². The summed E-state index contributed by atoms with van der Waals surface area (Å²) in [6.45, 7) is 4.83. The molecule has 1 aromatic carbocycles. The third-order valence-electron chi connectivity index (χ3n) is 4.47. The summed E-state index contributed by atoms with van der Waals surface area (Å²) in [6, 6.07) is 7.72. The number of carbonyl (C=O) groups excluding carboxylic acids is 2. The van der Waals surface area contributed by atoms with Crippen LogP contribution in [-0.2, 0) is 4.79 Å². The predicted molar refractivity (Wildman–Crippen MR) is 104 cm³/mol. The van der Waals surface area contributed by atoms with Crippen molar-refractivity contribution in [2.45, 2.75) is 24.5 Å². The summed E-state index contributed by atoms with van der Waals surface area (Å²) >= 11 is 3.30. The third-order valence-corrected chi connectivity index (χ3v) is 7.05. The largest absolute Gasteiger partial charge is 0.340 e. The lowest BCUT2D eigenvalue weighted by Crippen LogP contribution is -2.39. The summed E-state index contributed by atoms with van der Waals surface area (Å²) in [7, 11) is 1.68. The number of aryl methyl sites for hydroxylation is 1. The molecule has 0 bridgehead atoms. The Bertz CT molecular complexity index is 823. The Balaban J connectivity index is 1.69. The Morgan fingerprint density at radius 2 is 2.12 bits per heavy atom. The van der Waals surface area contributed by atoms with Crippen LogP contribution in [0.25, 0.3) is 0 Å². The molecule has 1 aliphatic heterocycles. The van der Waals surface area contributed by atoms with Gasteiger partial charge in [0, 0.05) is 30.6 Å². The Kier molecular flexibility index (Phi) is 5.67. The van der Waals surface area contributed by atoms with Gasteiger partial charge in [0.1, 0.15) is 11.2 Å². The zero-order chi connectivity index (χ0) is 18.8. The topological polar surface area (TPSA) is 40.6 Å². The minimum absolute atomic E-state index is 0.00447. The second kappa shape index (κ2) is 7.80. The van der Waals surface area contributed by atoms with Gasteiger partial charge < -0.3 is 9.80 Å². The molecule has 1 aliphatic rings. The number of amides is 2. The number of hydrogen-bond donors (Lipinski definition) is 0. The number of halogens is 1. The number of thioether (sulfide) groups is 1. The highest BCUT2D eigenvalue weighted by Gasteiger charge is 2.39. The first-order chi connectivity index (χ1) is 12.4. The molecule has 0 saturated carbocycles. The number of hydrogen-bond acceptors (Lipinski definition) is 4. The highest BCUT2D eigenvalue weighted by Crippen LogP contribution is 2.45. The Labute approximate surface area is 161 Å². The summed E-state index contributed by atoms with van der Waals surface area (Å²) < 4.78 is 13.3. The van der Waals surface area contributed by atoms with Gasteiger partial charge in [-0.3, -0.25) is 9.59 Å². The van der Waals surface area contributed by atoms with Crippen molar-refractivity contribution in [1.29, 1.82) is 0 Å². The lowest BCUT2D eigenvalue weighted by molar-refractivity contribution is -0.129. The number of benzene rings is 1. The smallest absolute Gasteiger partial charge is 0.253 e. The predicted octanol–water partition coefficient (Wildman–Crippen LogP) is 3.93. The molecule has 0 unspecified atom stereocenters. The van der Waals surface area contributed by atoms with E-state index in [0.29, 0.717) is 18.7 Å². The van der Waals surface area contributed by atoms with Crippen LogP contribution >= 0.6 is 23.1 Å². The molecule has 1 aromatic heterocycles. The van der Waals surface area contributed by atoms with Crippen molar-refractivity contribution in [2.75, 3.05) is 20.1 Å². The number of nitrogens with zero attached hydrogens (tertiary/aromatic N) is 2. The third kappa shape index (κ3) is 3.78. The quantitative estimate of drug-likeness (QED) is 0.774. The van der Waals surface area contributed by atoms with Crippen LogP contribution < -0.4 is 0 Å². The van der Waals surface area contributed by atoms with Crippen molar-refractivity contribution in [3.05, 3.63) is 57.5 Å². The van der Waals surface area contributed by atoms with Crippen molar-refractivity contribution in [3.8, 4) is 0 Å². The molecule has 2 heterocycles. The van der Waals surface area contributed by atoms with Gasteiger partial charge in [-0.25, -0.2) is 4.39 Å². The number of carbonyl (C=O) groups is 2. The zero-order valence-corrected chi connectivity index (χ0v) is 16.6. The fourth-order valence-corrected chi connectivity index (χ4v) is 5.50. The number of rotatable bonds is 5. The first kappa shape index (κ1) is 18.9. The Morgan fingerprint density at radius 3 is 2.77 bits per heavy atom. The van der Waals surface area contributed by atoms with E-state index in [0.717, 1.165) is 0 Å². The van der Waals surface area contributed by atoms with Crippen LogP contribution in [0.2, 0.25) is 0 Å². The number of likely N-dealkylation sites (N-methyl/N-ethyl adjacent to an activating group) is 1. The molecule has 26 heavy (non-hydrogen) atoms. The van der Waals surface area contributed by atoms with Crippen molar-refractivity contribution in [3.63, 3.8) is 0 Å². The zero-order valence-electron chi connectivity index (χ0n) is 14.9. The van der Waals surface area contributed by atoms with Gasteiger partial charge in [0.05, 0.1) is 5.25 Å². The van der Waals surface area contributed by atoms with Gasteiger partial charge in [-0.05, 0) is 49.1 Å². The molecule has 1 saturated heterocycles. The van der Waals surface area contributed by atoms with E-state index < -0.39 is 5.82 Å². The van der Waals surface area contributed by atoms with Gasteiger partial charge in [0.2, 0.25) is 5.91 Å². The molecule has 4 nitrogen and oxygen atoms in total. The van der Waals surface area contributed by atoms with Crippen molar-refractivity contribution in [2.24, 2.45) is 0 Å². The summed E-state index contributed by atoms with van der Waals surface area (Å²) in [5, 5.41) is 1.94. The average molecular weight is 393 g/mol. The van der Waals surface area contributed by atoms with Crippen LogP contribution in [0.4, 0.5) is 4.39 Å². The van der Waals surface area contributed by atoms with Gasteiger partial charge in [0.15, 0.2) is 0 Å². The first-order valence-corrected chi connectivity index (χ1v) is 10.2. The molecule has 0 spiro atoms. The molecule has 2 amide bonds. The standard InChI is InChI=1S/C19H21FN2O2S2/c1-12-7-10-25-16(12)19-22(17(23)13(2)26-19)9-8-21(3)18(24)14-5-4-6-15(20)11-14/h4-7,10-11,13,19H,8-9H2,1-3H3/t13-,19-/m0/s1. The second-order valence-electron chi connectivity index (χ2n) is 6.37. The van der Waals surface area contributed by atoms with Crippen LogP contribution in [0.15, 0.2) is 35.7 Å². The summed E-state index contributed by atoms with van der Waals surface area (Å²) in [5.74, 6) is -0.586. The van der Waals surface area contributed by atoms with Gasteiger partial charge >= 0.3 is 0 Å². The molecule has 2 aromatic rings. The van der Waals surface area contributed by atoms with E-state index in [9.17, 15) is 14.0 Å². The highest BCUT2D eigenvalue weighted by atomic mass is 32.2. The fraction of sp³-hybridized carbons (Fsp3) is 0.368. The molecule has 138 valence electrons. The van der Waals surface area contributed by atoms with Crippen LogP contribution in [0.5, 0.6) is 0 Å². The maximum Gasteiger partial charge on any atom is 0.253 e. The molecular weight excluding hydrogens is 371 g/mol. The molecule has 0 radical (unpaired) electrons. The fourth-order valence-electron chi connectivity index (χ4n) is 2.94. The van der Waals surface area contributed by atoms with Crippen LogP contribution in [-0.4, -0.2) is 47.0 Å². The molecule has 0 aliphatic carbocycles. The molecule has 3 rings (SSSR count). The van der Waals surface area contributed by atoms with Gasteiger partial charge in [-0.1, -0.05) is 6.07 Å². The van der Waals surface area contributed by atoms with E-state index in [2.05, 4.69) is 13.0 Å². The van der Waals surface area contributed by atoms with E-state index in [-0.39, 0.29) is 22.4 Å². The lowest BCUT2D eigenvalue weighted by Gasteiger charge is -2.26. The second-order valence-corrected chi connectivity index (χ2v) is 8.74. The summed E-state index contributed by atoms with van der Waals surface area (Å²) in [6.07, 6.45) is 0. The molecule has 0 N–H and O–H groups in total. The van der Waals surface area contributed by atoms with Gasteiger partial charge in [-0.2, -0.15) is 0 Å². The molecule has 1 fully saturated rings. The maximum atomic E-state index is 13.3. The summed E-state index contributed by atoms with van der Waals surface area (Å²) in [4.78, 5) is 29.6. The maximum absolute atomic E-state index is 13.3. The van der Waals surface area contributed by atoms with Crippen molar-refractivity contribution >= 4 is 34.9 Å². The van der Waals surface area contributed by atoms with Crippen LogP contribution in [0.1, 0.15) is 33.1 Å². The van der Waals surface area contributed by atoms with Gasteiger partial charge in [0.25, 0.3) is 5.91 Å². The molecule has 2 atom stereocenters. The average Bonchev–Trinajstić information content (AvgIpc) is 3.16. The molecule has 7 heteroatoms. The number of thiophene rings is 1. The van der Waals surface area contributed by atoms with E-state index in [4.69, 9.17) is 0 Å². The van der Waals surface area contributed by atoms with E-state index in [1.54, 1.807) is 36.2 Å². The minimum atomic E-state index is -0.433. The van der Waals surface area contributed by atoms with E-state index in [1.165, 1.54) is 33.5 Å². The van der Waals surface area contributed by atoms with Crippen molar-refractivity contribution in [1.82, 2.24) is 9.80 Å². The minimum Gasteiger partial charge on any atom is -0.340 e. The first-order valence-electron chi connectivity index (χ1n) is 8.39. The molecular formula is C19H21FN2O2S2. The highest BCUT2D eigenvalue weighted by molar-refractivity contribution is 8.01. The lowest BCUT2D eigenvalue weighted by atomic mass is 10.2. The van der Waals surface area contributed by atoms with Crippen LogP contribution in [0, 0.1) is 12.7 Å². The SMILES string of the molecule is Cc1ccsc1[C@@H]1S[C@@H](C)C(=O)N1CCN(C)C(=O)c1cccc(F)c1. The Hall–Kier alpha value is -1.86.